The predicted octanol–water partition coefficient (Wildman–Crippen LogP) is 4.73. The molecule has 0 amide bonds. The zero-order valence-corrected chi connectivity index (χ0v) is 17.6. The minimum atomic E-state index is -0.559. The third-order valence-corrected chi connectivity index (χ3v) is 5.29. The van der Waals surface area contributed by atoms with Crippen LogP contribution in [0.2, 0.25) is 0 Å². The van der Waals surface area contributed by atoms with Crippen molar-refractivity contribution < 1.29 is 14.2 Å². The van der Waals surface area contributed by atoms with Crippen molar-refractivity contribution in [1.29, 1.82) is 0 Å². The number of aromatic nitrogens is 3. The van der Waals surface area contributed by atoms with Crippen LogP contribution in [0.3, 0.4) is 0 Å². The van der Waals surface area contributed by atoms with Crippen LogP contribution in [-0.4, -0.2) is 34.7 Å². The van der Waals surface area contributed by atoms with E-state index in [1.54, 1.807) is 13.2 Å². The van der Waals surface area contributed by atoms with Crippen LogP contribution in [0, 0.1) is 0 Å². The predicted molar refractivity (Wildman–Crippen MR) is 117 cm³/mol. The lowest BCUT2D eigenvalue weighted by Crippen LogP contribution is -2.18. The van der Waals surface area contributed by atoms with Gasteiger partial charge in [0.1, 0.15) is 0 Å². The number of methoxy groups -OCH3 is 1. The number of nitrogens with one attached hydrogen (secondary N) is 1. The molecule has 1 aliphatic heterocycles. The largest absolute Gasteiger partial charge is 0.492 e. The van der Waals surface area contributed by atoms with Crippen molar-refractivity contribution in [3.63, 3.8) is 0 Å². The number of hydrogen-bond acceptors (Lipinski definition) is 8. The SMILES string of the molecule is C=CCSc1nnc2c(n1)O[C@H](c1cccc(OCC)c1OC)Nc1ccccc1-2. The molecule has 0 radical (unpaired) electrons. The highest BCUT2D eigenvalue weighted by atomic mass is 32.2. The number of fused-ring (bicyclic) bond motifs is 3. The molecular weight excluding hydrogens is 400 g/mol. The molecule has 3 aromatic rings. The summed E-state index contributed by atoms with van der Waals surface area (Å²) in [4.78, 5) is 4.61. The van der Waals surface area contributed by atoms with E-state index in [9.17, 15) is 0 Å². The topological polar surface area (TPSA) is 78.4 Å². The Labute approximate surface area is 179 Å². The fraction of sp³-hybridized carbons (Fsp3) is 0.227. The van der Waals surface area contributed by atoms with Gasteiger partial charge in [-0.15, -0.1) is 16.8 Å². The van der Waals surface area contributed by atoms with Crippen LogP contribution < -0.4 is 19.5 Å². The third-order valence-electron chi connectivity index (χ3n) is 4.46. The number of thioether (sulfide) groups is 1. The van der Waals surface area contributed by atoms with Gasteiger partial charge in [0, 0.05) is 17.0 Å². The summed E-state index contributed by atoms with van der Waals surface area (Å²) in [6.45, 7) is 6.21. The first-order chi connectivity index (χ1) is 14.7. The number of ether oxygens (including phenoxy) is 3. The average Bonchev–Trinajstić information content (AvgIpc) is 2.94. The number of hydrogen-bond donors (Lipinski definition) is 1. The molecule has 0 unspecified atom stereocenters. The van der Waals surface area contributed by atoms with Crippen LogP contribution in [0.25, 0.3) is 11.3 Å². The van der Waals surface area contributed by atoms with Gasteiger partial charge in [-0.25, -0.2) is 0 Å². The van der Waals surface area contributed by atoms with Gasteiger partial charge in [0.2, 0.25) is 17.3 Å². The van der Waals surface area contributed by atoms with Gasteiger partial charge in [-0.05, 0) is 25.1 Å². The van der Waals surface area contributed by atoms with E-state index in [1.165, 1.54) is 11.8 Å². The summed E-state index contributed by atoms with van der Waals surface area (Å²) < 4.78 is 17.7. The van der Waals surface area contributed by atoms with Crippen molar-refractivity contribution in [2.24, 2.45) is 0 Å². The average molecular weight is 423 g/mol. The number of nitrogens with zero attached hydrogens (tertiary/aromatic N) is 3. The van der Waals surface area contributed by atoms with Crippen molar-refractivity contribution in [3.05, 3.63) is 60.7 Å². The molecular formula is C22H22N4O3S. The lowest BCUT2D eigenvalue weighted by Gasteiger charge is -2.22. The van der Waals surface area contributed by atoms with Gasteiger partial charge in [0.15, 0.2) is 17.2 Å². The van der Waals surface area contributed by atoms with Crippen molar-refractivity contribution in [2.45, 2.75) is 18.3 Å². The normalized spacial score (nSPS) is 14.4. The Morgan fingerprint density at radius 3 is 2.87 bits per heavy atom. The Morgan fingerprint density at radius 1 is 1.20 bits per heavy atom. The molecule has 2 heterocycles. The van der Waals surface area contributed by atoms with Crippen LogP contribution >= 0.6 is 11.8 Å². The lowest BCUT2D eigenvalue weighted by atomic mass is 10.1. The summed E-state index contributed by atoms with van der Waals surface area (Å²) in [5.41, 5.74) is 3.12. The summed E-state index contributed by atoms with van der Waals surface area (Å²) in [5, 5.41) is 12.6. The lowest BCUT2D eigenvalue weighted by molar-refractivity contribution is 0.217. The maximum atomic E-state index is 6.32. The molecule has 30 heavy (non-hydrogen) atoms. The standard InChI is InChI=1S/C22H22N4O3S/c1-4-13-30-22-24-21-18(25-26-22)14-9-6-7-11-16(14)23-20(29-21)15-10-8-12-17(28-5-2)19(15)27-3/h4,6-12,20,23H,1,5,13H2,2-3H3/t20-/m1/s1. The summed E-state index contributed by atoms with van der Waals surface area (Å²) in [7, 11) is 1.62. The van der Waals surface area contributed by atoms with E-state index in [4.69, 9.17) is 14.2 Å². The first kappa shape index (κ1) is 20.0. The van der Waals surface area contributed by atoms with E-state index in [0.717, 1.165) is 16.8 Å². The smallest absolute Gasteiger partial charge is 0.247 e. The highest BCUT2D eigenvalue weighted by molar-refractivity contribution is 7.99. The third kappa shape index (κ3) is 3.91. The van der Waals surface area contributed by atoms with Crippen molar-refractivity contribution in [2.75, 3.05) is 24.8 Å². The second-order valence-electron chi connectivity index (χ2n) is 6.35. The molecule has 0 saturated carbocycles. The number of para-hydroxylation sites is 2. The molecule has 8 heteroatoms. The monoisotopic (exact) mass is 422 g/mol. The Morgan fingerprint density at radius 2 is 2.07 bits per heavy atom. The molecule has 1 atom stereocenters. The van der Waals surface area contributed by atoms with E-state index in [2.05, 4.69) is 27.1 Å². The van der Waals surface area contributed by atoms with Gasteiger partial charge < -0.3 is 19.5 Å². The van der Waals surface area contributed by atoms with Crippen LogP contribution in [0.4, 0.5) is 5.69 Å². The Hall–Kier alpha value is -3.26. The molecule has 0 fully saturated rings. The second kappa shape index (κ2) is 9.04. The van der Waals surface area contributed by atoms with Gasteiger partial charge in [-0.1, -0.05) is 42.1 Å². The number of anilines is 1. The molecule has 0 bridgehead atoms. The Balaban J connectivity index is 1.82. The van der Waals surface area contributed by atoms with Crippen molar-refractivity contribution in [1.82, 2.24) is 15.2 Å². The molecule has 0 saturated heterocycles. The summed E-state index contributed by atoms with van der Waals surface area (Å²) in [6.07, 6.45) is 1.24. The molecule has 1 aliphatic rings. The van der Waals surface area contributed by atoms with Crippen molar-refractivity contribution in [3.8, 4) is 28.6 Å². The molecule has 1 N–H and O–H groups in total. The van der Waals surface area contributed by atoms with E-state index < -0.39 is 6.23 Å². The maximum Gasteiger partial charge on any atom is 0.247 e. The van der Waals surface area contributed by atoms with Crippen LogP contribution in [0.15, 0.2) is 60.3 Å². The zero-order valence-electron chi connectivity index (χ0n) is 16.8. The van der Waals surface area contributed by atoms with Crippen LogP contribution in [0.1, 0.15) is 18.7 Å². The molecule has 0 aliphatic carbocycles. The van der Waals surface area contributed by atoms with E-state index in [0.29, 0.717) is 40.6 Å². The molecule has 1 aromatic heterocycles. The highest BCUT2D eigenvalue weighted by Gasteiger charge is 2.28. The van der Waals surface area contributed by atoms with Gasteiger partial charge in [-0.2, -0.15) is 4.98 Å². The minimum absolute atomic E-state index is 0.405. The maximum absolute atomic E-state index is 6.32. The van der Waals surface area contributed by atoms with E-state index in [-0.39, 0.29) is 0 Å². The fourth-order valence-corrected chi connectivity index (χ4v) is 3.72. The Bertz CT molecular complexity index is 1060. The fourth-order valence-electron chi connectivity index (χ4n) is 3.21. The first-order valence-electron chi connectivity index (χ1n) is 9.55. The molecule has 2 aromatic carbocycles. The highest BCUT2D eigenvalue weighted by Crippen LogP contribution is 2.43. The van der Waals surface area contributed by atoms with Crippen LogP contribution in [-0.2, 0) is 0 Å². The van der Waals surface area contributed by atoms with Gasteiger partial charge in [0.25, 0.3) is 0 Å². The quantitative estimate of drug-likeness (QED) is 0.433. The van der Waals surface area contributed by atoms with E-state index >= 15 is 0 Å². The first-order valence-corrected chi connectivity index (χ1v) is 10.5. The molecule has 7 nitrogen and oxygen atoms in total. The van der Waals surface area contributed by atoms with Crippen LogP contribution in [0.5, 0.6) is 17.4 Å². The van der Waals surface area contributed by atoms with Gasteiger partial charge in [-0.3, -0.25) is 0 Å². The minimum Gasteiger partial charge on any atom is -0.492 e. The second-order valence-corrected chi connectivity index (χ2v) is 7.33. The molecule has 4 rings (SSSR count). The number of rotatable bonds is 7. The van der Waals surface area contributed by atoms with E-state index in [1.807, 2.05) is 49.4 Å². The zero-order chi connectivity index (χ0) is 20.9. The summed E-state index contributed by atoms with van der Waals surface area (Å²) in [6, 6.07) is 13.6. The van der Waals surface area contributed by atoms with Crippen molar-refractivity contribution >= 4 is 17.4 Å². The summed E-state index contributed by atoms with van der Waals surface area (Å²) >= 11 is 1.45. The molecule has 0 spiro atoms. The molecule has 154 valence electrons. The summed E-state index contributed by atoms with van der Waals surface area (Å²) in [5.74, 6) is 2.36. The Kier molecular flexibility index (Phi) is 6.04. The van der Waals surface area contributed by atoms with Gasteiger partial charge >= 0.3 is 0 Å². The van der Waals surface area contributed by atoms with Gasteiger partial charge in [0.05, 0.1) is 19.3 Å². The number of benzene rings is 2.